The van der Waals surface area contributed by atoms with E-state index in [2.05, 4.69) is 9.88 Å². The Morgan fingerprint density at radius 3 is 2.45 bits per heavy atom. The first-order chi connectivity index (χ1) is 9.53. The van der Waals surface area contributed by atoms with Gasteiger partial charge < -0.3 is 10.9 Å². The van der Waals surface area contributed by atoms with Gasteiger partial charge in [0.1, 0.15) is 0 Å². The van der Waals surface area contributed by atoms with Crippen LogP contribution in [0.25, 0.3) is 0 Å². The van der Waals surface area contributed by atoms with Gasteiger partial charge in [-0.15, -0.1) is 0 Å². The molecule has 0 amide bonds. The van der Waals surface area contributed by atoms with Crippen molar-refractivity contribution in [1.29, 1.82) is 0 Å². The van der Waals surface area contributed by atoms with Crippen molar-refractivity contribution in [2.45, 2.75) is 37.5 Å². The molecule has 0 heterocycles. The quantitative estimate of drug-likeness (QED) is 0.328. The number of oxime groups is 1. The molecule has 0 spiro atoms. The summed E-state index contributed by atoms with van der Waals surface area (Å²) >= 11 is 0. The zero-order valence-electron chi connectivity index (χ0n) is 11.1. The Bertz CT molecular complexity index is 575. The van der Waals surface area contributed by atoms with Crippen LogP contribution in [0.1, 0.15) is 36.8 Å². The van der Waals surface area contributed by atoms with E-state index >= 15 is 0 Å². The summed E-state index contributed by atoms with van der Waals surface area (Å²) in [5.41, 5.74) is 6.89. The summed E-state index contributed by atoms with van der Waals surface area (Å²) in [6, 6.07) is 6.89. The maximum Gasteiger partial charge on any atom is 0.214 e. The normalized spacial score (nSPS) is 17.5. The van der Waals surface area contributed by atoms with Crippen LogP contribution in [0.15, 0.2) is 29.4 Å². The second-order valence-electron chi connectivity index (χ2n) is 4.95. The lowest BCUT2D eigenvalue weighted by molar-refractivity contribution is 0.318. The highest BCUT2D eigenvalue weighted by molar-refractivity contribution is 7.90. The molecule has 20 heavy (non-hydrogen) atoms. The van der Waals surface area contributed by atoms with Crippen LogP contribution in [0.5, 0.6) is 0 Å². The minimum Gasteiger partial charge on any atom is -0.409 e. The smallest absolute Gasteiger partial charge is 0.214 e. The van der Waals surface area contributed by atoms with Crippen molar-refractivity contribution in [2.75, 3.05) is 0 Å². The van der Waals surface area contributed by atoms with Crippen molar-refractivity contribution in [3.8, 4) is 0 Å². The summed E-state index contributed by atoms with van der Waals surface area (Å²) in [6.07, 6.45) is 3.47. The van der Waals surface area contributed by atoms with Crippen LogP contribution in [0.4, 0.5) is 0 Å². The average Bonchev–Trinajstić information content (AvgIpc) is 3.00. The molecular weight excluding hydrogens is 278 g/mol. The molecule has 0 bridgehead atoms. The van der Waals surface area contributed by atoms with E-state index in [4.69, 9.17) is 10.9 Å². The Morgan fingerprint density at radius 2 is 1.90 bits per heavy atom. The number of hydrogen-bond donors (Lipinski definition) is 3. The number of hydrogen-bond acceptors (Lipinski definition) is 4. The predicted molar refractivity (Wildman–Crippen MR) is 77.0 cm³/mol. The van der Waals surface area contributed by atoms with Gasteiger partial charge in [-0.1, -0.05) is 42.3 Å². The van der Waals surface area contributed by atoms with Gasteiger partial charge in [-0.2, -0.15) is 0 Å². The minimum atomic E-state index is -3.23. The van der Waals surface area contributed by atoms with E-state index in [1.54, 1.807) is 24.3 Å². The molecule has 1 aliphatic carbocycles. The van der Waals surface area contributed by atoms with Crippen molar-refractivity contribution in [1.82, 2.24) is 4.72 Å². The third kappa shape index (κ3) is 3.49. The number of benzene rings is 1. The van der Waals surface area contributed by atoms with Gasteiger partial charge in [0, 0.05) is 12.1 Å². The summed E-state index contributed by atoms with van der Waals surface area (Å²) in [5, 5.41) is 11.2. The van der Waals surface area contributed by atoms with Gasteiger partial charge in [0.25, 0.3) is 0 Å². The summed E-state index contributed by atoms with van der Waals surface area (Å²) in [6.45, 7) is 0.259. The van der Waals surface area contributed by atoms with Gasteiger partial charge in [0.2, 0.25) is 10.0 Å². The maximum absolute atomic E-state index is 12.0. The van der Waals surface area contributed by atoms with Crippen LogP contribution in [-0.4, -0.2) is 24.7 Å². The molecule has 0 aromatic heterocycles. The molecule has 1 aliphatic rings. The lowest BCUT2D eigenvalue weighted by atomic mass is 10.1. The summed E-state index contributed by atoms with van der Waals surface area (Å²) < 4.78 is 26.7. The SMILES string of the molecule is N/C(=N/O)c1ccc(CNS(=O)(=O)C2CCCC2)cc1. The third-order valence-corrected chi connectivity index (χ3v) is 5.47. The molecule has 1 saturated carbocycles. The topological polar surface area (TPSA) is 105 Å². The number of sulfonamides is 1. The molecule has 0 radical (unpaired) electrons. The Labute approximate surface area is 118 Å². The largest absolute Gasteiger partial charge is 0.409 e. The van der Waals surface area contributed by atoms with Gasteiger partial charge >= 0.3 is 0 Å². The van der Waals surface area contributed by atoms with Crippen LogP contribution in [0.3, 0.4) is 0 Å². The molecule has 2 rings (SSSR count). The molecule has 110 valence electrons. The van der Waals surface area contributed by atoms with E-state index < -0.39 is 10.0 Å². The summed E-state index contributed by atoms with van der Waals surface area (Å²) in [5.74, 6) is 0.0306. The van der Waals surface area contributed by atoms with Crippen LogP contribution in [-0.2, 0) is 16.6 Å². The molecule has 1 aromatic rings. The van der Waals surface area contributed by atoms with Crippen molar-refractivity contribution in [2.24, 2.45) is 10.9 Å². The molecule has 0 aliphatic heterocycles. The van der Waals surface area contributed by atoms with E-state index in [0.717, 1.165) is 31.2 Å². The van der Waals surface area contributed by atoms with Gasteiger partial charge in [-0.3, -0.25) is 0 Å². The fourth-order valence-electron chi connectivity index (χ4n) is 2.35. The highest BCUT2D eigenvalue weighted by atomic mass is 32.2. The molecule has 1 aromatic carbocycles. The lowest BCUT2D eigenvalue weighted by Crippen LogP contribution is -2.32. The zero-order valence-corrected chi connectivity index (χ0v) is 11.9. The number of nitrogens with zero attached hydrogens (tertiary/aromatic N) is 1. The van der Waals surface area contributed by atoms with Gasteiger partial charge in [-0.25, -0.2) is 13.1 Å². The minimum absolute atomic E-state index is 0.0306. The highest BCUT2D eigenvalue weighted by Crippen LogP contribution is 2.24. The highest BCUT2D eigenvalue weighted by Gasteiger charge is 2.28. The number of rotatable bonds is 5. The van der Waals surface area contributed by atoms with Crippen LogP contribution in [0, 0.1) is 0 Å². The molecule has 4 N–H and O–H groups in total. The fourth-order valence-corrected chi connectivity index (χ4v) is 3.91. The molecule has 0 atom stereocenters. The van der Waals surface area contributed by atoms with Gasteiger partial charge in [0.05, 0.1) is 5.25 Å². The fraction of sp³-hybridized carbons (Fsp3) is 0.462. The van der Waals surface area contributed by atoms with E-state index in [9.17, 15) is 8.42 Å². The lowest BCUT2D eigenvalue weighted by Gasteiger charge is -2.12. The molecule has 6 nitrogen and oxygen atoms in total. The van der Waals surface area contributed by atoms with E-state index in [1.165, 1.54) is 0 Å². The molecule has 0 unspecified atom stereocenters. The summed E-state index contributed by atoms with van der Waals surface area (Å²) in [4.78, 5) is 0. The second-order valence-corrected chi connectivity index (χ2v) is 7.00. The van der Waals surface area contributed by atoms with Gasteiger partial charge in [0.15, 0.2) is 5.84 Å². The number of nitrogens with one attached hydrogen (secondary N) is 1. The number of nitrogens with two attached hydrogens (primary N) is 1. The van der Waals surface area contributed by atoms with E-state index in [-0.39, 0.29) is 17.6 Å². The first-order valence-corrected chi connectivity index (χ1v) is 8.13. The first kappa shape index (κ1) is 14.8. The Kier molecular flexibility index (Phi) is 4.61. The monoisotopic (exact) mass is 297 g/mol. The predicted octanol–water partition coefficient (Wildman–Crippen LogP) is 1.14. The molecular formula is C13H19N3O3S. The maximum atomic E-state index is 12.0. The second kappa shape index (κ2) is 6.23. The molecule has 7 heteroatoms. The first-order valence-electron chi connectivity index (χ1n) is 6.58. The molecule has 0 saturated heterocycles. The average molecular weight is 297 g/mol. The van der Waals surface area contributed by atoms with Crippen molar-refractivity contribution < 1.29 is 13.6 Å². The Morgan fingerprint density at radius 1 is 1.30 bits per heavy atom. The van der Waals surface area contributed by atoms with Crippen molar-refractivity contribution in [3.63, 3.8) is 0 Å². The van der Waals surface area contributed by atoms with E-state index in [1.807, 2.05) is 0 Å². The number of amidine groups is 1. The van der Waals surface area contributed by atoms with Crippen molar-refractivity contribution >= 4 is 15.9 Å². The van der Waals surface area contributed by atoms with Crippen molar-refractivity contribution in [3.05, 3.63) is 35.4 Å². The standard InChI is InChI=1S/C13H19N3O3S/c14-13(16-17)11-7-5-10(6-8-11)9-15-20(18,19)12-3-1-2-4-12/h5-8,12,15,17H,1-4,9H2,(H2,14,16). The van der Waals surface area contributed by atoms with Crippen LogP contribution < -0.4 is 10.5 Å². The van der Waals surface area contributed by atoms with Crippen LogP contribution in [0.2, 0.25) is 0 Å². The summed E-state index contributed by atoms with van der Waals surface area (Å²) in [7, 11) is -3.23. The van der Waals surface area contributed by atoms with Crippen LogP contribution >= 0.6 is 0 Å². The molecule has 1 fully saturated rings. The van der Waals surface area contributed by atoms with E-state index in [0.29, 0.717) is 5.56 Å². The third-order valence-electron chi connectivity index (χ3n) is 3.58. The Hall–Kier alpha value is -1.60. The Balaban J connectivity index is 1.97. The zero-order chi connectivity index (χ0) is 14.6. The van der Waals surface area contributed by atoms with Gasteiger partial charge in [-0.05, 0) is 18.4 Å².